The molecule has 2 heterocycles. The van der Waals surface area contributed by atoms with E-state index in [2.05, 4.69) is 46.7 Å². The van der Waals surface area contributed by atoms with Crippen molar-refractivity contribution >= 4 is 11.7 Å². The van der Waals surface area contributed by atoms with Crippen LogP contribution in [0.4, 0.5) is 10.5 Å². The molecule has 154 valence electrons. The Kier molecular flexibility index (Phi) is 6.05. The van der Waals surface area contributed by atoms with Gasteiger partial charge in [-0.3, -0.25) is 4.90 Å². The molecule has 2 aromatic carbocycles. The van der Waals surface area contributed by atoms with E-state index in [0.29, 0.717) is 23.5 Å². The van der Waals surface area contributed by atoms with Gasteiger partial charge in [0, 0.05) is 24.7 Å². The number of ether oxygens (including phenoxy) is 1. The Morgan fingerprint density at radius 1 is 1.07 bits per heavy atom. The van der Waals surface area contributed by atoms with Gasteiger partial charge in [0.25, 0.3) is 0 Å². The second-order valence-electron chi connectivity index (χ2n) is 8.36. The first-order valence-corrected chi connectivity index (χ1v) is 10.6. The smallest absolute Gasteiger partial charge is 0.319 e. The maximum absolute atomic E-state index is 12.6. The van der Waals surface area contributed by atoms with Gasteiger partial charge in [0.1, 0.15) is 5.75 Å². The second kappa shape index (κ2) is 8.87. The van der Waals surface area contributed by atoms with Crippen LogP contribution in [0.1, 0.15) is 43.2 Å². The number of rotatable bonds is 5. The van der Waals surface area contributed by atoms with E-state index in [1.807, 2.05) is 24.3 Å². The first-order chi connectivity index (χ1) is 14.1. The fourth-order valence-corrected chi connectivity index (χ4v) is 4.85. The average molecular weight is 394 g/mol. The highest BCUT2D eigenvalue weighted by atomic mass is 16.5. The third-order valence-corrected chi connectivity index (χ3v) is 6.30. The topological polar surface area (TPSA) is 53.6 Å². The maximum Gasteiger partial charge on any atom is 0.319 e. The lowest BCUT2D eigenvalue weighted by molar-refractivity contribution is 0.0200. The van der Waals surface area contributed by atoms with E-state index >= 15 is 0 Å². The van der Waals surface area contributed by atoms with E-state index in [4.69, 9.17) is 4.74 Å². The van der Waals surface area contributed by atoms with E-state index in [9.17, 15) is 4.79 Å². The predicted octanol–water partition coefficient (Wildman–Crippen LogP) is 4.71. The van der Waals surface area contributed by atoms with Crippen molar-refractivity contribution in [3.8, 4) is 5.75 Å². The van der Waals surface area contributed by atoms with Gasteiger partial charge in [-0.05, 0) is 50.3 Å². The molecular formula is C24H31N3O2. The minimum absolute atomic E-state index is 0.149. The van der Waals surface area contributed by atoms with Crippen molar-refractivity contribution in [1.29, 1.82) is 0 Å². The summed E-state index contributed by atoms with van der Waals surface area (Å²) in [5.41, 5.74) is 3.38. The molecule has 0 spiro atoms. The van der Waals surface area contributed by atoms with Crippen LogP contribution < -0.4 is 15.4 Å². The summed E-state index contributed by atoms with van der Waals surface area (Å²) in [6.07, 6.45) is 5.76. The monoisotopic (exact) mass is 393 g/mol. The fourth-order valence-electron chi connectivity index (χ4n) is 4.85. The van der Waals surface area contributed by atoms with E-state index in [0.717, 1.165) is 19.4 Å². The number of benzene rings is 2. The van der Waals surface area contributed by atoms with Crippen LogP contribution in [0.5, 0.6) is 5.75 Å². The molecule has 0 saturated carbocycles. The lowest BCUT2D eigenvalue weighted by Crippen LogP contribution is -2.56. The van der Waals surface area contributed by atoms with E-state index < -0.39 is 0 Å². The molecule has 2 N–H and O–H groups in total. The molecule has 0 unspecified atom stereocenters. The number of para-hydroxylation sites is 2. The number of amides is 2. The zero-order valence-corrected chi connectivity index (χ0v) is 17.4. The SMILES string of the molecule is COc1ccccc1NC(=O)NC1C[C@@H]2CCC[C@@H](C1)N2Cc1ccc(C)cc1. The number of methoxy groups -OCH3 is 1. The predicted molar refractivity (Wildman–Crippen MR) is 116 cm³/mol. The molecule has 2 atom stereocenters. The molecule has 4 rings (SSSR count). The molecule has 2 bridgehead atoms. The summed E-state index contributed by atoms with van der Waals surface area (Å²) < 4.78 is 5.33. The number of anilines is 1. The van der Waals surface area contributed by atoms with Crippen LogP contribution in [0.25, 0.3) is 0 Å². The van der Waals surface area contributed by atoms with Crippen molar-refractivity contribution in [2.24, 2.45) is 0 Å². The third-order valence-electron chi connectivity index (χ3n) is 6.30. The summed E-state index contributed by atoms with van der Waals surface area (Å²) in [5.74, 6) is 0.674. The van der Waals surface area contributed by atoms with E-state index in [1.54, 1.807) is 7.11 Å². The summed E-state index contributed by atoms with van der Waals surface area (Å²) in [6, 6.07) is 17.5. The lowest BCUT2D eigenvalue weighted by atomic mass is 9.81. The number of carbonyl (C=O) groups excluding carboxylic acids is 1. The largest absolute Gasteiger partial charge is 0.495 e. The number of aryl methyl sites for hydroxylation is 1. The Morgan fingerprint density at radius 2 is 1.76 bits per heavy atom. The quantitative estimate of drug-likeness (QED) is 0.773. The van der Waals surface area contributed by atoms with Gasteiger partial charge in [0.15, 0.2) is 0 Å². The van der Waals surface area contributed by atoms with Gasteiger partial charge < -0.3 is 15.4 Å². The Labute approximate surface area is 173 Å². The number of urea groups is 1. The number of carbonyl (C=O) groups is 1. The number of piperidine rings is 2. The van der Waals surface area contributed by atoms with Crippen LogP contribution in [-0.2, 0) is 6.54 Å². The van der Waals surface area contributed by atoms with E-state index in [1.165, 1.54) is 30.4 Å². The molecule has 0 aliphatic carbocycles. The first-order valence-electron chi connectivity index (χ1n) is 10.6. The first kappa shape index (κ1) is 19.8. The Balaban J connectivity index is 1.36. The van der Waals surface area contributed by atoms with Crippen molar-refractivity contribution in [2.45, 2.75) is 63.7 Å². The average Bonchev–Trinajstić information content (AvgIpc) is 2.70. The molecule has 29 heavy (non-hydrogen) atoms. The number of fused-ring (bicyclic) bond motifs is 2. The number of hydrogen-bond donors (Lipinski definition) is 2. The lowest BCUT2D eigenvalue weighted by Gasteiger charge is -2.49. The molecule has 2 saturated heterocycles. The maximum atomic E-state index is 12.6. The molecule has 0 radical (unpaired) electrons. The summed E-state index contributed by atoms with van der Waals surface area (Å²) in [7, 11) is 1.61. The number of nitrogens with zero attached hydrogens (tertiary/aromatic N) is 1. The molecule has 2 fully saturated rings. The van der Waals surface area contributed by atoms with Crippen LogP contribution in [-0.4, -0.2) is 36.2 Å². The van der Waals surface area contributed by atoms with Gasteiger partial charge in [-0.2, -0.15) is 0 Å². The van der Waals surface area contributed by atoms with Gasteiger partial charge in [-0.15, -0.1) is 0 Å². The van der Waals surface area contributed by atoms with Crippen LogP contribution in [0.3, 0.4) is 0 Å². The summed E-state index contributed by atoms with van der Waals surface area (Å²) >= 11 is 0. The van der Waals surface area contributed by atoms with Gasteiger partial charge >= 0.3 is 6.03 Å². The van der Waals surface area contributed by atoms with Crippen LogP contribution in [0.15, 0.2) is 48.5 Å². The summed E-state index contributed by atoms with van der Waals surface area (Å²) in [5, 5.41) is 6.15. The molecular weight excluding hydrogens is 362 g/mol. The van der Waals surface area contributed by atoms with Crippen molar-refractivity contribution in [3.63, 3.8) is 0 Å². The summed E-state index contributed by atoms with van der Waals surface area (Å²) in [6.45, 7) is 3.14. The van der Waals surface area contributed by atoms with Gasteiger partial charge in [0.05, 0.1) is 12.8 Å². The minimum atomic E-state index is -0.149. The Morgan fingerprint density at radius 3 is 2.45 bits per heavy atom. The molecule has 5 heteroatoms. The number of hydrogen-bond acceptors (Lipinski definition) is 3. The minimum Gasteiger partial charge on any atom is -0.495 e. The molecule has 2 aromatic rings. The van der Waals surface area contributed by atoms with Crippen molar-refractivity contribution in [3.05, 3.63) is 59.7 Å². The Hall–Kier alpha value is -2.53. The van der Waals surface area contributed by atoms with Crippen LogP contribution in [0, 0.1) is 6.92 Å². The van der Waals surface area contributed by atoms with Gasteiger partial charge in [0.2, 0.25) is 0 Å². The molecule has 0 aromatic heterocycles. The fraction of sp³-hybridized carbons (Fsp3) is 0.458. The zero-order valence-electron chi connectivity index (χ0n) is 17.4. The number of nitrogens with one attached hydrogen (secondary N) is 2. The van der Waals surface area contributed by atoms with Crippen molar-refractivity contribution in [1.82, 2.24) is 10.2 Å². The van der Waals surface area contributed by atoms with Gasteiger partial charge in [-0.25, -0.2) is 4.79 Å². The zero-order chi connectivity index (χ0) is 20.2. The summed E-state index contributed by atoms with van der Waals surface area (Å²) in [4.78, 5) is 15.3. The normalized spacial score (nSPS) is 24.0. The Bertz CT molecular complexity index is 822. The van der Waals surface area contributed by atoms with Crippen molar-refractivity contribution in [2.75, 3.05) is 12.4 Å². The third kappa shape index (κ3) is 4.73. The van der Waals surface area contributed by atoms with Crippen LogP contribution >= 0.6 is 0 Å². The van der Waals surface area contributed by atoms with Crippen molar-refractivity contribution < 1.29 is 9.53 Å². The molecule has 2 aliphatic heterocycles. The van der Waals surface area contributed by atoms with Gasteiger partial charge in [-0.1, -0.05) is 48.4 Å². The molecule has 5 nitrogen and oxygen atoms in total. The molecule has 2 aliphatic rings. The highest BCUT2D eigenvalue weighted by Crippen LogP contribution is 2.35. The van der Waals surface area contributed by atoms with Crippen LogP contribution in [0.2, 0.25) is 0 Å². The molecule has 2 amide bonds. The second-order valence-corrected chi connectivity index (χ2v) is 8.36. The highest BCUT2D eigenvalue weighted by Gasteiger charge is 2.38. The van der Waals surface area contributed by atoms with E-state index in [-0.39, 0.29) is 12.1 Å². The highest BCUT2D eigenvalue weighted by molar-refractivity contribution is 5.91. The standard InChI is InChI=1S/C24H31N3O2/c1-17-10-12-18(13-11-17)16-27-20-6-5-7-21(27)15-19(14-20)25-24(28)26-22-8-3-4-9-23(22)29-2/h3-4,8-13,19-21H,5-7,14-16H2,1-2H3,(H2,25,26,28)/t20-,21-/m0/s1.